The van der Waals surface area contributed by atoms with E-state index < -0.39 is 71.9 Å². The summed E-state index contributed by atoms with van der Waals surface area (Å²) in [6.45, 7) is -1.34. The Kier molecular flexibility index (Phi) is 9.45. The fourth-order valence-corrected chi connectivity index (χ4v) is 5.66. The number of aromatic nitrogens is 2. The number of ketones is 1. The Labute approximate surface area is 251 Å². The molecule has 230 valence electrons. The first kappa shape index (κ1) is 32.3. The molecule has 1 aliphatic carbocycles. The zero-order valence-corrected chi connectivity index (χ0v) is 23.6. The van der Waals surface area contributed by atoms with Crippen LogP contribution >= 0.6 is 23.2 Å². The first-order chi connectivity index (χ1) is 20.1. The molecule has 0 bridgehead atoms. The van der Waals surface area contributed by atoms with Crippen molar-refractivity contribution in [2.24, 2.45) is 5.92 Å². The lowest BCUT2D eigenvalue weighted by Crippen LogP contribution is -2.37. The van der Waals surface area contributed by atoms with Crippen molar-refractivity contribution in [1.82, 2.24) is 14.7 Å². The molecule has 0 spiro atoms. The van der Waals surface area contributed by atoms with Gasteiger partial charge in [-0.1, -0.05) is 41.4 Å². The van der Waals surface area contributed by atoms with Crippen LogP contribution in [0, 0.1) is 5.92 Å². The van der Waals surface area contributed by atoms with E-state index in [-0.39, 0.29) is 46.9 Å². The third-order valence-electron chi connectivity index (χ3n) is 7.20. The highest BCUT2D eigenvalue weighted by atomic mass is 35.5. The molecule has 0 radical (unpaired) electrons. The summed E-state index contributed by atoms with van der Waals surface area (Å²) >= 11 is 12.2. The van der Waals surface area contributed by atoms with Crippen LogP contribution in [0.5, 0.6) is 0 Å². The zero-order chi connectivity index (χ0) is 31.7. The van der Waals surface area contributed by atoms with Crippen molar-refractivity contribution in [2.45, 2.75) is 50.6 Å². The Hall–Kier alpha value is -3.58. The molecule has 1 N–H and O–H groups in total. The summed E-state index contributed by atoms with van der Waals surface area (Å²) in [6.07, 6.45) is -8.60. The minimum absolute atomic E-state index is 0.0693. The van der Waals surface area contributed by atoms with Gasteiger partial charge in [0.15, 0.2) is 11.5 Å². The van der Waals surface area contributed by atoms with Crippen molar-refractivity contribution in [3.8, 4) is 0 Å². The van der Waals surface area contributed by atoms with E-state index in [0.29, 0.717) is 4.68 Å². The number of aliphatic carboxylic acids is 1. The third-order valence-corrected chi connectivity index (χ3v) is 7.83. The van der Waals surface area contributed by atoms with E-state index in [9.17, 15) is 45.8 Å². The molecule has 1 aromatic heterocycles. The number of Topliss-reactive ketones (excluding diaryl/α,β-unsaturated/α-hetero) is 1. The average molecular weight is 650 g/mol. The maximum Gasteiger partial charge on any atom is 0.433 e. The van der Waals surface area contributed by atoms with Crippen molar-refractivity contribution in [3.05, 3.63) is 86.7 Å². The number of hydrogen-bond donors (Lipinski definition) is 1. The van der Waals surface area contributed by atoms with Gasteiger partial charge in [0.1, 0.15) is 0 Å². The lowest BCUT2D eigenvalue weighted by atomic mass is 9.86. The first-order valence-electron chi connectivity index (χ1n) is 12.9. The number of benzene rings is 2. The molecule has 43 heavy (non-hydrogen) atoms. The Balaban J connectivity index is 1.71. The lowest BCUT2D eigenvalue weighted by molar-refractivity contribution is -0.147. The first-order valence-corrected chi connectivity index (χ1v) is 13.6. The molecular formula is C28H23Cl2F6N3O4. The van der Waals surface area contributed by atoms with Crippen LogP contribution in [0.1, 0.15) is 69.3 Å². The van der Waals surface area contributed by atoms with Crippen LogP contribution in [-0.2, 0) is 23.7 Å². The number of carboxylic acids is 1. The summed E-state index contributed by atoms with van der Waals surface area (Å²) in [7, 11) is 0. The van der Waals surface area contributed by atoms with Crippen molar-refractivity contribution >= 4 is 40.9 Å². The molecular weight excluding hydrogens is 627 g/mol. The quantitative estimate of drug-likeness (QED) is 0.201. The summed E-state index contributed by atoms with van der Waals surface area (Å²) in [5.41, 5.74) is -3.31. The second-order valence-corrected chi connectivity index (χ2v) is 10.9. The maximum absolute atomic E-state index is 14.4. The number of hydrogen-bond acceptors (Lipinski definition) is 4. The maximum atomic E-state index is 14.4. The van der Waals surface area contributed by atoms with Crippen LogP contribution in [0.3, 0.4) is 0 Å². The molecule has 3 aromatic rings. The summed E-state index contributed by atoms with van der Waals surface area (Å²) in [4.78, 5) is 39.0. The Morgan fingerprint density at radius 2 is 1.49 bits per heavy atom. The van der Waals surface area contributed by atoms with Crippen LogP contribution in [0.2, 0.25) is 10.0 Å². The summed E-state index contributed by atoms with van der Waals surface area (Å²) in [5, 5.41) is 12.9. The zero-order valence-electron chi connectivity index (χ0n) is 22.1. The summed E-state index contributed by atoms with van der Waals surface area (Å²) < 4.78 is 83.1. The normalized spacial score (nSPS) is 17.5. The standard InChI is InChI=1S/C28H23Cl2F6N3O4/c29-20-2-1-3-21(30)23(20)22(40)14-38(13-15-4-8-17(9-5-15)27(31,32)33)25(41)19-12-37-39(24(19)28(34,35)36)18-10-6-16(7-11-18)26(42)43/h1-5,8-9,12,16,18H,6-7,10-11,13-14H2,(H,42,43). The number of rotatable bonds is 8. The Morgan fingerprint density at radius 1 is 0.907 bits per heavy atom. The Morgan fingerprint density at radius 3 is 2.00 bits per heavy atom. The molecule has 1 saturated carbocycles. The second kappa shape index (κ2) is 12.6. The van der Waals surface area contributed by atoms with Gasteiger partial charge in [0.25, 0.3) is 5.91 Å². The molecule has 0 unspecified atom stereocenters. The van der Waals surface area contributed by atoms with Crippen LogP contribution in [0.4, 0.5) is 26.3 Å². The molecule has 1 amide bonds. The van der Waals surface area contributed by atoms with Gasteiger partial charge in [0, 0.05) is 6.54 Å². The molecule has 0 aliphatic heterocycles. The van der Waals surface area contributed by atoms with Crippen LogP contribution < -0.4 is 0 Å². The van der Waals surface area contributed by atoms with Gasteiger partial charge in [-0.25, -0.2) is 0 Å². The van der Waals surface area contributed by atoms with Crippen LogP contribution in [0.15, 0.2) is 48.7 Å². The average Bonchev–Trinajstić information content (AvgIpc) is 3.38. The number of carbonyl (C=O) groups excluding carboxylic acids is 2. The van der Waals surface area contributed by atoms with E-state index in [4.69, 9.17) is 23.2 Å². The van der Waals surface area contributed by atoms with E-state index in [1.54, 1.807) is 0 Å². The number of carbonyl (C=O) groups is 3. The van der Waals surface area contributed by atoms with E-state index in [0.717, 1.165) is 35.4 Å². The van der Waals surface area contributed by atoms with Gasteiger partial charge >= 0.3 is 18.3 Å². The largest absolute Gasteiger partial charge is 0.481 e. The Bertz CT molecular complexity index is 1490. The van der Waals surface area contributed by atoms with E-state index in [1.165, 1.54) is 18.2 Å². The van der Waals surface area contributed by atoms with E-state index >= 15 is 0 Å². The second-order valence-electron chi connectivity index (χ2n) is 10.1. The fraction of sp³-hybridized carbons (Fsp3) is 0.357. The molecule has 7 nitrogen and oxygen atoms in total. The van der Waals surface area contributed by atoms with Gasteiger partial charge in [-0.3, -0.25) is 19.1 Å². The topological polar surface area (TPSA) is 92.5 Å². The lowest BCUT2D eigenvalue weighted by Gasteiger charge is -2.28. The van der Waals surface area contributed by atoms with Gasteiger partial charge in [-0.05, 0) is 55.5 Å². The number of alkyl halides is 6. The molecule has 2 aromatic carbocycles. The van der Waals surface area contributed by atoms with Gasteiger partial charge in [0.05, 0.1) is 51.4 Å². The van der Waals surface area contributed by atoms with Crippen molar-refractivity contribution in [2.75, 3.05) is 6.54 Å². The molecule has 0 saturated heterocycles. The van der Waals surface area contributed by atoms with Gasteiger partial charge in [-0.15, -0.1) is 0 Å². The summed E-state index contributed by atoms with van der Waals surface area (Å²) in [6, 6.07) is 6.92. The van der Waals surface area contributed by atoms with Crippen LogP contribution in [0.25, 0.3) is 0 Å². The van der Waals surface area contributed by atoms with Gasteiger partial charge in [-0.2, -0.15) is 31.4 Å². The molecule has 1 aliphatic rings. The molecule has 1 fully saturated rings. The monoisotopic (exact) mass is 649 g/mol. The van der Waals surface area contributed by atoms with E-state index in [1.807, 2.05) is 0 Å². The molecule has 4 rings (SSSR count). The highest BCUT2D eigenvalue weighted by Crippen LogP contribution is 2.39. The van der Waals surface area contributed by atoms with Gasteiger partial charge < -0.3 is 10.0 Å². The number of amides is 1. The van der Waals surface area contributed by atoms with Crippen molar-refractivity contribution in [1.29, 1.82) is 0 Å². The summed E-state index contributed by atoms with van der Waals surface area (Å²) in [5.74, 6) is -3.82. The number of halogens is 8. The van der Waals surface area contributed by atoms with Gasteiger partial charge in [0.2, 0.25) is 0 Å². The van der Waals surface area contributed by atoms with Crippen LogP contribution in [-0.4, -0.2) is 44.0 Å². The minimum atomic E-state index is -5.07. The smallest absolute Gasteiger partial charge is 0.433 e. The van der Waals surface area contributed by atoms with Crippen molar-refractivity contribution in [3.63, 3.8) is 0 Å². The predicted molar refractivity (Wildman–Crippen MR) is 143 cm³/mol. The predicted octanol–water partition coefficient (Wildman–Crippen LogP) is 7.57. The number of nitrogens with zero attached hydrogens (tertiary/aromatic N) is 3. The number of carboxylic acid groups (broad SMARTS) is 1. The highest BCUT2D eigenvalue weighted by Gasteiger charge is 2.43. The highest BCUT2D eigenvalue weighted by molar-refractivity contribution is 6.40. The van der Waals surface area contributed by atoms with E-state index in [2.05, 4.69) is 5.10 Å². The molecule has 15 heteroatoms. The SMILES string of the molecule is O=C(CN(Cc1ccc(C(F)(F)F)cc1)C(=O)c1cnn(C2CCC(C(=O)O)CC2)c1C(F)(F)F)c1c(Cl)cccc1Cl. The fourth-order valence-electron chi connectivity index (χ4n) is 5.05. The van der Waals surface area contributed by atoms with Crippen molar-refractivity contribution < 1.29 is 45.8 Å². The minimum Gasteiger partial charge on any atom is -0.481 e. The molecule has 1 heterocycles. The third kappa shape index (κ3) is 7.32. The molecule has 0 atom stereocenters.